The van der Waals surface area contributed by atoms with Gasteiger partial charge in [0.15, 0.2) is 0 Å². The summed E-state index contributed by atoms with van der Waals surface area (Å²) >= 11 is 0. The smallest absolute Gasteiger partial charge is 0.224 e. The van der Waals surface area contributed by atoms with E-state index in [2.05, 4.69) is 117 Å². The third kappa shape index (κ3) is 8.07. The number of benzene rings is 2. The predicted molar refractivity (Wildman–Crippen MR) is 193 cm³/mol. The van der Waals surface area contributed by atoms with Crippen molar-refractivity contribution in [3.8, 4) is 0 Å². The average molecular weight is 650 g/mol. The number of aromatic nitrogens is 1. The lowest BCUT2D eigenvalue weighted by Crippen LogP contribution is -2.63. The van der Waals surface area contributed by atoms with E-state index < -0.39 is 0 Å². The third-order valence-corrected chi connectivity index (χ3v) is 10.7. The largest absolute Gasteiger partial charge is 0.349 e. The minimum Gasteiger partial charge on any atom is -0.349 e. The highest BCUT2D eigenvalue weighted by atomic mass is 16.2. The van der Waals surface area contributed by atoms with Crippen molar-refractivity contribution in [2.75, 3.05) is 33.7 Å². The van der Waals surface area contributed by atoms with Crippen LogP contribution in [0.2, 0.25) is 0 Å². The molecule has 6 rings (SSSR count). The van der Waals surface area contributed by atoms with Gasteiger partial charge in [0.25, 0.3) is 0 Å². The number of carbonyl (C=O) groups excluding carboxylic acids is 1. The van der Waals surface area contributed by atoms with Crippen LogP contribution in [0.1, 0.15) is 79.8 Å². The van der Waals surface area contributed by atoms with Crippen molar-refractivity contribution in [3.63, 3.8) is 0 Å². The Labute approximate surface area is 287 Å². The highest BCUT2D eigenvalue weighted by Crippen LogP contribution is 2.54. The van der Waals surface area contributed by atoms with E-state index in [0.29, 0.717) is 0 Å². The number of hydrogen-bond donors (Lipinski definition) is 4. The van der Waals surface area contributed by atoms with Crippen LogP contribution in [0.25, 0.3) is 0 Å². The summed E-state index contributed by atoms with van der Waals surface area (Å²) in [4.78, 5) is 21.7. The monoisotopic (exact) mass is 649 g/mol. The number of pyridine rings is 1. The lowest BCUT2D eigenvalue weighted by atomic mass is 9.57. The summed E-state index contributed by atoms with van der Waals surface area (Å²) in [6, 6.07) is 23.5. The van der Waals surface area contributed by atoms with Crippen molar-refractivity contribution in [1.82, 2.24) is 36.3 Å². The summed E-state index contributed by atoms with van der Waals surface area (Å²) in [7, 11) is 4.19. The highest BCUT2D eigenvalue weighted by molar-refractivity contribution is 5.81. The van der Waals surface area contributed by atoms with Gasteiger partial charge in [-0.05, 0) is 68.6 Å². The first-order chi connectivity index (χ1) is 23.5. The first kappa shape index (κ1) is 34.5. The standard InChI is InChI=1S/C40H55N7O/c1-30(33-17-9-8-10-18-33)43-39(48)36-35-29-47(28-32-16-14-22-42-26-32)45-38(35)44-37(40(36)20-11-6-4-5-7-12-21-40)34-19-13-15-31(25-34)27-46(3)24-23-41-2/h8-11,13-20,22,25-26,30,35-38,41,44-45H,4-7,12,21,23-24,27-29H2,1-3H3,(H,43,48)/b20-11-/t30-,35?,36?,37?,38?,40?/m0/s1. The van der Waals surface area contributed by atoms with E-state index >= 15 is 0 Å². The lowest BCUT2D eigenvalue weighted by Gasteiger charge is -2.53. The summed E-state index contributed by atoms with van der Waals surface area (Å²) in [5.41, 5.74) is 8.29. The van der Waals surface area contributed by atoms with Gasteiger partial charge in [0.2, 0.25) is 5.91 Å². The fourth-order valence-electron chi connectivity index (χ4n) is 8.37. The number of allylic oxidation sites excluding steroid dienone is 1. The Hall–Kier alpha value is -3.40. The Balaban J connectivity index is 1.40. The van der Waals surface area contributed by atoms with Crippen LogP contribution in [0.15, 0.2) is 91.3 Å². The second-order valence-electron chi connectivity index (χ2n) is 14.3. The Morgan fingerprint density at radius 3 is 2.71 bits per heavy atom. The molecule has 4 N–H and O–H groups in total. The van der Waals surface area contributed by atoms with E-state index in [0.717, 1.165) is 63.1 Å². The van der Waals surface area contributed by atoms with Crippen LogP contribution in [-0.2, 0) is 17.9 Å². The van der Waals surface area contributed by atoms with Gasteiger partial charge in [0, 0.05) is 62.5 Å². The Kier molecular flexibility index (Phi) is 11.7. The van der Waals surface area contributed by atoms with Gasteiger partial charge in [-0.1, -0.05) is 92.1 Å². The van der Waals surface area contributed by atoms with E-state index in [4.69, 9.17) is 0 Å². The summed E-state index contributed by atoms with van der Waals surface area (Å²) in [5.74, 6) is 0.0227. The molecule has 3 heterocycles. The second kappa shape index (κ2) is 16.3. The minimum atomic E-state index is -0.380. The number of likely N-dealkylation sites (N-methyl/N-ethyl adjacent to an activating group) is 2. The van der Waals surface area contributed by atoms with E-state index in [1.165, 1.54) is 30.4 Å². The zero-order chi connectivity index (χ0) is 33.3. The third-order valence-electron chi connectivity index (χ3n) is 10.7. The Morgan fingerprint density at radius 2 is 1.90 bits per heavy atom. The number of hydrazine groups is 1. The molecule has 3 aliphatic rings. The molecule has 3 aromatic rings. The van der Waals surface area contributed by atoms with Crippen molar-refractivity contribution in [2.45, 2.75) is 76.8 Å². The first-order valence-corrected chi connectivity index (χ1v) is 18.1. The van der Waals surface area contributed by atoms with Gasteiger partial charge in [0.05, 0.1) is 18.1 Å². The van der Waals surface area contributed by atoms with E-state index in [1.807, 2.05) is 31.6 Å². The number of carbonyl (C=O) groups is 1. The van der Waals surface area contributed by atoms with Crippen molar-refractivity contribution in [3.05, 3.63) is 114 Å². The number of nitrogens with zero attached hydrogens (tertiary/aromatic N) is 3. The number of nitrogens with one attached hydrogen (secondary N) is 4. The molecule has 2 aromatic carbocycles. The summed E-state index contributed by atoms with van der Waals surface area (Å²) in [6.07, 6.45) is 15.4. The maximum absolute atomic E-state index is 15.0. The summed E-state index contributed by atoms with van der Waals surface area (Å²) in [5, 5.41) is 13.2. The fourth-order valence-corrected chi connectivity index (χ4v) is 8.37. The first-order valence-electron chi connectivity index (χ1n) is 18.1. The van der Waals surface area contributed by atoms with Gasteiger partial charge in [-0.25, -0.2) is 10.4 Å². The molecule has 0 saturated carbocycles. The van der Waals surface area contributed by atoms with Crippen LogP contribution in [0.5, 0.6) is 0 Å². The molecule has 5 unspecified atom stereocenters. The molecule has 1 spiro atoms. The summed E-state index contributed by atoms with van der Waals surface area (Å²) < 4.78 is 0. The predicted octanol–water partition coefficient (Wildman–Crippen LogP) is 5.73. The SMILES string of the molecule is CNCCN(C)Cc1cccc(C2NC3NN(Cc4cccnc4)CC3C(C(=O)N[C@@H](C)c3ccccc3)C23/C=C\CCCCCC3)c1. The molecule has 8 nitrogen and oxygen atoms in total. The second-order valence-corrected chi connectivity index (χ2v) is 14.3. The van der Waals surface area contributed by atoms with Gasteiger partial charge in [0.1, 0.15) is 0 Å². The van der Waals surface area contributed by atoms with E-state index in [9.17, 15) is 4.79 Å². The van der Waals surface area contributed by atoms with Crippen molar-refractivity contribution in [2.24, 2.45) is 17.3 Å². The zero-order valence-corrected chi connectivity index (χ0v) is 29.1. The van der Waals surface area contributed by atoms with Gasteiger partial charge in [-0.15, -0.1) is 0 Å². The quantitative estimate of drug-likeness (QED) is 0.198. The highest BCUT2D eigenvalue weighted by Gasteiger charge is 2.58. The number of rotatable bonds is 11. The summed E-state index contributed by atoms with van der Waals surface area (Å²) in [6.45, 7) is 6.45. The minimum absolute atomic E-state index is 0.0238. The van der Waals surface area contributed by atoms with E-state index in [-0.39, 0.29) is 41.4 Å². The molecule has 6 atom stereocenters. The number of hydrogen-bond acceptors (Lipinski definition) is 7. The van der Waals surface area contributed by atoms with Crippen LogP contribution in [0.3, 0.4) is 0 Å². The molecule has 2 aliphatic heterocycles. The van der Waals surface area contributed by atoms with Gasteiger partial charge in [-0.3, -0.25) is 15.1 Å². The molecule has 8 heteroatoms. The van der Waals surface area contributed by atoms with Crippen molar-refractivity contribution >= 4 is 5.91 Å². The topological polar surface area (TPSA) is 84.6 Å². The van der Waals surface area contributed by atoms with Crippen molar-refractivity contribution < 1.29 is 4.79 Å². The molecule has 1 aliphatic carbocycles. The molecule has 2 fully saturated rings. The van der Waals surface area contributed by atoms with Gasteiger partial charge >= 0.3 is 0 Å². The molecule has 48 heavy (non-hydrogen) atoms. The van der Waals surface area contributed by atoms with Crippen LogP contribution in [0, 0.1) is 17.3 Å². The van der Waals surface area contributed by atoms with E-state index in [1.54, 1.807) is 0 Å². The van der Waals surface area contributed by atoms with Crippen LogP contribution < -0.4 is 21.4 Å². The van der Waals surface area contributed by atoms with Crippen LogP contribution in [-0.4, -0.2) is 60.7 Å². The van der Waals surface area contributed by atoms with Gasteiger partial charge < -0.3 is 15.5 Å². The van der Waals surface area contributed by atoms with Crippen LogP contribution in [0.4, 0.5) is 0 Å². The number of fused-ring (bicyclic) bond motifs is 1. The number of amides is 1. The Bertz CT molecular complexity index is 1480. The molecule has 1 amide bonds. The molecule has 1 aromatic heterocycles. The Morgan fingerprint density at radius 1 is 1.06 bits per heavy atom. The maximum Gasteiger partial charge on any atom is 0.224 e. The van der Waals surface area contributed by atoms with Crippen molar-refractivity contribution in [1.29, 1.82) is 0 Å². The maximum atomic E-state index is 15.0. The van der Waals surface area contributed by atoms with Gasteiger partial charge in [-0.2, -0.15) is 0 Å². The number of piperidine rings is 1. The molecular formula is C40H55N7O. The average Bonchev–Trinajstić information content (AvgIpc) is 3.54. The fraction of sp³-hybridized carbons (Fsp3) is 0.500. The normalized spacial score (nSPS) is 27.5. The zero-order valence-electron chi connectivity index (χ0n) is 29.1. The lowest BCUT2D eigenvalue weighted by molar-refractivity contribution is -0.136. The molecule has 0 radical (unpaired) electrons. The molecule has 2 saturated heterocycles. The molecule has 256 valence electrons. The van der Waals surface area contributed by atoms with Crippen LogP contribution >= 0.6 is 0 Å². The molecule has 0 bridgehead atoms. The molecular weight excluding hydrogens is 594 g/mol.